The fourth-order valence-electron chi connectivity index (χ4n) is 5.02. The second kappa shape index (κ2) is 6.82. The number of rotatable bonds is 5. The largest absolute Gasteiger partial charge is 0.349 e. The van der Waals surface area contributed by atoms with Gasteiger partial charge in [-0.3, -0.25) is 9.48 Å². The Hall–Kier alpha value is -2.97. The first-order chi connectivity index (χ1) is 14.1. The normalized spacial score (nSPS) is 24.8. The molecule has 0 radical (unpaired) electrons. The van der Waals surface area contributed by atoms with E-state index in [9.17, 15) is 4.79 Å². The number of hydrogen-bond donors (Lipinski definition) is 2. The average Bonchev–Trinajstić information content (AvgIpc) is 3.49. The molecule has 0 spiro atoms. The summed E-state index contributed by atoms with van der Waals surface area (Å²) in [5, 5.41) is 7.78. The van der Waals surface area contributed by atoms with Crippen LogP contribution < -0.4 is 10.2 Å². The molecule has 4 heterocycles. The van der Waals surface area contributed by atoms with Crippen molar-refractivity contribution in [2.75, 3.05) is 11.4 Å². The van der Waals surface area contributed by atoms with Crippen molar-refractivity contribution >= 4 is 22.9 Å². The van der Waals surface area contributed by atoms with Crippen molar-refractivity contribution in [3.63, 3.8) is 0 Å². The molecule has 1 aliphatic heterocycles. The minimum absolute atomic E-state index is 0.0362. The maximum atomic E-state index is 13.2. The molecule has 1 amide bonds. The second-order valence-corrected chi connectivity index (χ2v) is 8.18. The van der Waals surface area contributed by atoms with Crippen LogP contribution in [0.1, 0.15) is 62.5 Å². The van der Waals surface area contributed by atoms with Crippen molar-refractivity contribution < 1.29 is 4.79 Å². The van der Waals surface area contributed by atoms with E-state index in [2.05, 4.69) is 49.1 Å². The van der Waals surface area contributed by atoms with Gasteiger partial charge in [0.05, 0.1) is 17.9 Å². The molecule has 1 aliphatic carbocycles. The molecule has 2 aliphatic rings. The Morgan fingerprint density at radius 3 is 3.14 bits per heavy atom. The Kier molecular flexibility index (Phi) is 4.25. The number of anilines is 1. The molecule has 3 aromatic heterocycles. The van der Waals surface area contributed by atoms with Crippen molar-refractivity contribution in [2.45, 2.75) is 63.6 Å². The fraction of sp³-hybridized carbons (Fsp3) is 0.550. The van der Waals surface area contributed by atoms with E-state index >= 15 is 0 Å². The zero-order chi connectivity index (χ0) is 20.0. The predicted molar refractivity (Wildman–Crippen MR) is 109 cm³/mol. The third kappa shape index (κ3) is 2.79. The quantitative estimate of drug-likeness (QED) is 0.689. The predicted octanol–water partition coefficient (Wildman–Crippen LogP) is 2.45. The molecule has 9 nitrogen and oxygen atoms in total. The summed E-state index contributed by atoms with van der Waals surface area (Å²) in [6.07, 6.45) is 9.86. The smallest absolute Gasteiger partial charge is 0.270 e. The number of carbonyl (C=O) groups excluding carboxylic acids is 1. The summed E-state index contributed by atoms with van der Waals surface area (Å²) in [4.78, 5) is 31.8. The lowest BCUT2D eigenvalue weighted by Crippen LogP contribution is -2.54. The summed E-state index contributed by atoms with van der Waals surface area (Å²) in [5.74, 6) is 0.839. The van der Waals surface area contributed by atoms with Crippen molar-refractivity contribution in [1.29, 1.82) is 0 Å². The van der Waals surface area contributed by atoms with E-state index in [-0.39, 0.29) is 23.5 Å². The number of H-pyrrole nitrogens is 1. The van der Waals surface area contributed by atoms with Crippen LogP contribution in [-0.4, -0.2) is 53.7 Å². The first kappa shape index (κ1) is 18.1. The number of fused-ring (bicyclic) bond motifs is 2. The van der Waals surface area contributed by atoms with Crippen LogP contribution in [0.3, 0.4) is 0 Å². The minimum atomic E-state index is -0.237. The van der Waals surface area contributed by atoms with E-state index in [1.165, 1.54) is 0 Å². The van der Waals surface area contributed by atoms with Crippen LogP contribution in [0.2, 0.25) is 0 Å². The molecular formula is C20H26N8O. The number of carbonyl (C=O) groups is 1. The second-order valence-electron chi connectivity index (χ2n) is 8.18. The first-order valence-corrected chi connectivity index (χ1v) is 10.4. The van der Waals surface area contributed by atoms with Crippen molar-refractivity contribution in [2.24, 2.45) is 0 Å². The lowest BCUT2D eigenvalue weighted by atomic mass is 9.92. The highest BCUT2D eigenvalue weighted by Crippen LogP contribution is 2.44. The van der Waals surface area contributed by atoms with Crippen LogP contribution in [-0.2, 0) is 0 Å². The number of imidazole rings is 1. The van der Waals surface area contributed by atoms with Gasteiger partial charge in [-0.1, -0.05) is 6.92 Å². The monoisotopic (exact) mass is 394 g/mol. The Balaban J connectivity index is 1.43. The van der Waals surface area contributed by atoms with E-state index < -0.39 is 0 Å². The Bertz CT molecular complexity index is 1040. The SMILES string of the molecule is CCC(C)n1nccc1C(=O)NC12CCCC1N(c1ncnc3nc[nH]c13)CC2. The first-order valence-electron chi connectivity index (χ1n) is 10.4. The number of hydrogen-bond acceptors (Lipinski definition) is 6. The van der Waals surface area contributed by atoms with E-state index in [0.29, 0.717) is 11.3 Å². The van der Waals surface area contributed by atoms with Gasteiger partial charge in [0.15, 0.2) is 11.5 Å². The molecule has 1 saturated heterocycles. The maximum Gasteiger partial charge on any atom is 0.270 e. The van der Waals surface area contributed by atoms with E-state index in [1.807, 2.05) is 10.7 Å². The van der Waals surface area contributed by atoms with E-state index in [4.69, 9.17) is 0 Å². The van der Waals surface area contributed by atoms with Gasteiger partial charge < -0.3 is 15.2 Å². The molecule has 0 bridgehead atoms. The zero-order valence-electron chi connectivity index (χ0n) is 16.8. The van der Waals surface area contributed by atoms with Crippen molar-refractivity contribution in [1.82, 2.24) is 35.0 Å². The van der Waals surface area contributed by atoms with Crippen molar-refractivity contribution in [3.05, 3.63) is 30.6 Å². The number of nitrogens with one attached hydrogen (secondary N) is 2. The van der Waals surface area contributed by atoms with Gasteiger partial charge in [0.2, 0.25) is 0 Å². The summed E-state index contributed by atoms with van der Waals surface area (Å²) in [5.41, 5.74) is 1.93. The zero-order valence-corrected chi connectivity index (χ0v) is 16.8. The summed E-state index contributed by atoms with van der Waals surface area (Å²) < 4.78 is 1.83. The van der Waals surface area contributed by atoms with Gasteiger partial charge in [-0.2, -0.15) is 5.10 Å². The molecule has 0 aromatic carbocycles. The molecular weight excluding hydrogens is 368 g/mol. The highest BCUT2D eigenvalue weighted by molar-refractivity contribution is 5.93. The van der Waals surface area contributed by atoms with E-state index in [0.717, 1.165) is 50.0 Å². The Morgan fingerprint density at radius 2 is 2.28 bits per heavy atom. The van der Waals surface area contributed by atoms with Crippen LogP contribution in [0.4, 0.5) is 5.82 Å². The van der Waals surface area contributed by atoms with Crippen LogP contribution in [0.5, 0.6) is 0 Å². The molecule has 3 aromatic rings. The van der Waals surface area contributed by atoms with Crippen molar-refractivity contribution in [3.8, 4) is 0 Å². The standard InChI is InChI=1S/C20H26N8O/c1-3-13(2)28-14(6-9-25-28)19(29)26-20-7-4-5-15(20)27(10-8-20)18-16-17(22-11-21-16)23-12-24-18/h6,9,11-13,15H,3-5,7-8,10H2,1-2H3,(H,26,29)(H,21,22,23,24). The molecule has 5 rings (SSSR count). The van der Waals surface area contributed by atoms with E-state index in [1.54, 1.807) is 18.9 Å². The lowest BCUT2D eigenvalue weighted by molar-refractivity contribution is 0.0885. The minimum Gasteiger partial charge on any atom is -0.349 e. The maximum absolute atomic E-state index is 13.2. The third-order valence-electron chi connectivity index (χ3n) is 6.66. The van der Waals surface area contributed by atoms with Gasteiger partial charge >= 0.3 is 0 Å². The number of aromatic nitrogens is 6. The van der Waals surface area contributed by atoms with Crippen LogP contribution in [0.25, 0.3) is 11.2 Å². The van der Waals surface area contributed by atoms with Crippen LogP contribution in [0.15, 0.2) is 24.9 Å². The number of nitrogens with zero attached hydrogens (tertiary/aromatic N) is 6. The summed E-state index contributed by atoms with van der Waals surface area (Å²) in [6, 6.07) is 2.22. The summed E-state index contributed by atoms with van der Waals surface area (Å²) in [7, 11) is 0. The molecule has 9 heteroatoms. The molecule has 29 heavy (non-hydrogen) atoms. The highest BCUT2D eigenvalue weighted by Gasteiger charge is 2.52. The van der Waals surface area contributed by atoms with Gasteiger partial charge in [-0.05, 0) is 45.1 Å². The lowest BCUT2D eigenvalue weighted by Gasteiger charge is -2.34. The Morgan fingerprint density at radius 1 is 1.38 bits per heavy atom. The molecule has 2 N–H and O–H groups in total. The Labute approximate surface area is 168 Å². The van der Waals surface area contributed by atoms with Crippen LogP contribution in [0, 0.1) is 0 Å². The topological polar surface area (TPSA) is 105 Å². The highest BCUT2D eigenvalue weighted by atomic mass is 16.2. The summed E-state index contributed by atoms with van der Waals surface area (Å²) in [6.45, 7) is 5.04. The van der Waals surface area contributed by atoms with Gasteiger partial charge in [-0.15, -0.1) is 0 Å². The molecule has 3 atom stereocenters. The third-order valence-corrected chi connectivity index (χ3v) is 6.66. The molecule has 1 saturated carbocycles. The molecule has 152 valence electrons. The average molecular weight is 394 g/mol. The van der Waals surface area contributed by atoms with Gasteiger partial charge in [0.1, 0.15) is 17.5 Å². The fourth-order valence-corrected chi connectivity index (χ4v) is 5.02. The number of aromatic amines is 1. The molecule has 2 fully saturated rings. The summed E-state index contributed by atoms with van der Waals surface area (Å²) >= 11 is 0. The van der Waals surface area contributed by atoms with Crippen LogP contribution >= 0.6 is 0 Å². The van der Waals surface area contributed by atoms with Gasteiger partial charge in [-0.25, -0.2) is 15.0 Å². The molecule has 3 unspecified atom stereocenters. The van der Waals surface area contributed by atoms with Gasteiger partial charge in [0, 0.05) is 18.8 Å². The van der Waals surface area contributed by atoms with Gasteiger partial charge in [0.25, 0.3) is 5.91 Å². The number of amides is 1.